The van der Waals surface area contributed by atoms with Crippen LogP contribution in [0.2, 0.25) is 0 Å². The molecule has 5 heteroatoms. The van der Waals surface area contributed by atoms with Crippen LogP contribution >= 0.6 is 0 Å². The third kappa shape index (κ3) is 7.06. The van der Waals surface area contributed by atoms with E-state index in [1.54, 1.807) is 17.0 Å². The number of amides is 1. The molecule has 0 aliphatic rings. The predicted molar refractivity (Wildman–Crippen MR) is 108 cm³/mol. The van der Waals surface area contributed by atoms with E-state index in [1.807, 2.05) is 31.3 Å². The van der Waals surface area contributed by atoms with Gasteiger partial charge in [-0.05, 0) is 42.3 Å². The summed E-state index contributed by atoms with van der Waals surface area (Å²) >= 11 is 0. The summed E-state index contributed by atoms with van der Waals surface area (Å²) < 4.78 is 5.65. The highest BCUT2D eigenvalue weighted by Crippen LogP contribution is 2.24. The van der Waals surface area contributed by atoms with Crippen LogP contribution in [0.25, 0.3) is 17.4 Å². The Hall–Kier alpha value is -2.82. The van der Waals surface area contributed by atoms with Crippen molar-refractivity contribution < 1.29 is 19.1 Å². The van der Waals surface area contributed by atoms with Gasteiger partial charge in [-0.3, -0.25) is 4.79 Å². The van der Waals surface area contributed by atoms with Crippen molar-refractivity contribution in [3.63, 3.8) is 0 Å². The standard InChI is InChI=1S/C23H29NO4/c1-3-4-5-6-7-11-22(25)24(2)17-18-9-8-10-19(16-18)21-14-12-20(28-21)13-15-23(26)27/h8-10,12-16H,3-7,11,17H2,1-2H3,(H,26,27)/p-1. The number of aliphatic carboxylic acids is 1. The molecule has 0 bridgehead atoms. The summed E-state index contributed by atoms with van der Waals surface area (Å²) in [6, 6.07) is 11.3. The second-order valence-corrected chi connectivity index (χ2v) is 6.97. The van der Waals surface area contributed by atoms with Crippen LogP contribution < -0.4 is 5.11 Å². The SMILES string of the molecule is CCCCCCCC(=O)N(C)Cc1cccc(-c2ccc(C=CC(=O)[O-])o2)c1. The van der Waals surface area contributed by atoms with Crippen LogP contribution in [0, 0.1) is 0 Å². The molecule has 2 aromatic rings. The minimum absolute atomic E-state index is 0.162. The molecule has 0 saturated carbocycles. The minimum Gasteiger partial charge on any atom is -0.545 e. The molecule has 2 rings (SSSR count). The molecule has 0 aliphatic carbocycles. The summed E-state index contributed by atoms with van der Waals surface area (Å²) in [6.07, 6.45) is 8.55. The maximum absolute atomic E-state index is 12.3. The van der Waals surface area contributed by atoms with E-state index in [4.69, 9.17) is 4.42 Å². The number of carbonyl (C=O) groups excluding carboxylic acids is 2. The highest BCUT2D eigenvalue weighted by atomic mass is 16.4. The maximum Gasteiger partial charge on any atom is 0.222 e. The first kappa shape index (κ1) is 21.5. The van der Waals surface area contributed by atoms with Gasteiger partial charge in [-0.15, -0.1) is 0 Å². The summed E-state index contributed by atoms with van der Waals surface area (Å²) in [5.41, 5.74) is 1.90. The summed E-state index contributed by atoms with van der Waals surface area (Å²) in [5.74, 6) is -0.0163. The third-order valence-corrected chi connectivity index (χ3v) is 4.56. The normalized spacial score (nSPS) is 11.1. The van der Waals surface area contributed by atoms with E-state index in [2.05, 4.69) is 6.92 Å². The number of nitrogens with zero attached hydrogens (tertiary/aromatic N) is 1. The number of rotatable bonds is 11. The lowest BCUT2D eigenvalue weighted by Gasteiger charge is -2.17. The molecule has 28 heavy (non-hydrogen) atoms. The van der Waals surface area contributed by atoms with Gasteiger partial charge in [0.05, 0.1) is 5.97 Å². The van der Waals surface area contributed by atoms with Crippen LogP contribution in [0.15, 0.2) is 46.9 Å². The molecule has 1 aromatic carbocycles. The molecule has 150 valence electrons. The molecule has 0 fully saturated rings. The second kappa shape index (κ2) is 11.1. The zero-order chi connectivity index (χ0) is 20.4. The van der Waals surface area contributed by atoms with Crippen LogP contribution in [0.5, 0.6) is 0 Å². The zero-order valence-electron chi connectivity index (χ0n) is 16.6. The molecular weight excluding hydrogens is 354 g/mol. The average molecular weight is 382 g/mol. The van der Waals surface area contributed by atoms with Crippen molar-refractivity contribution in [2.45, 2.75) is 52.0 Å². The first-order chi connectivity index (χ1) is 13.5. The van der Waals surface area contributed by atoms with Gasteiger partial charge in [-0.25, -0.2) is 0 Å². The molecule has 1 heterocycles. The van der Waals surface area contributed by atoms with Gasteiger partial charge in [0.2, 0.25) is 5.91 Å². The van der Waals surface area contributed by atoms with Crippen LogP contribution in [-0.4, -0.2) is 23.8 Å². The number of carbonyl (C=O) groups is 2. The Morgan fingerprint density at radius 3 is 2.64 bits per heavy atom. The van der Waals surface area contributed by atoms with Gasteiger partial charge in [0.1, 0.15) is 11.5 Å². The van der Waals surface area contributed by atoms with Crippen LogP contribution in [0.3, 0.4) is 0 Å². The average Bonchev–Trinajstić information content (AvgIpc) is 3.15. The van der Waals surface area contributed by atoms with Gasteiger partial charge in [0, 0.05) is 25.6 Å². The molecule has 0 spiro atoms. The fraction of sp³-hybridized carbons (Fsp3) is 0.391. The Morgan fingerprint density at radius 1 is 1.11 bits per heavy atom. The van der Waals surface area contributed by atoms with Gasteiger partial charge in [-0.2, -0.15) is 0 Å². The highest BCUT2D eigenvalue weighted by molar-refractivity contribution is 5.83. The lowest BCUT2D eigenvalue weighted by Crippen LogP contribution is -2.25. The number of furan rings is 1. The lowest BCUT2D eigenvalue weighted by molar-refractivity contribution is -0.297. The molecule has 1 amide bonds. The van der Waals surface area contributed by atoms with Crippen molar-refractivity contribution >= 4 is 18.0 Å². The van der Waals surface area contributed by atoms with Crippen molar-refractivity contribution in [3.05, 3.63) is 53.8 Å². The Kier molecular flexibility index (Phi) is 8.53. The van der Waals surface area contributed by atoms with Gasteiger partial charge in [0.15, 0.2) is 0 Å². The molecule has 0 N–H and O–H groups in total. The first-order valence-electron chi connectivity index (χ1n) is 9.81. The summed E-state index contributed by atoms with van der Waals surface area (Å²) in [6.45, 7) is 2.72. The number of carboxylic acid groups (broad SMARTS) is 1. The molecule has 5 nitrogen and oxygen atoms in total. The Labute approximate surface area is 166 Å². The number of unbranched alkanes of at least 4 members (excludes halogenated alkanes) is 4. The smallest absolute Gasteiger partial charge is 0.222 e. The van der Waals surface area contributed by atoms with E-state index in [-0.39, 0.29) is 5.91 Å². The quantitative estimate of drug-likeness (QED) is 0.434. The molecule has 0 saturated heterocycles. The number of benzene rings is 1. The second-order valence-electron chi connectivity index (χ2n) is 6.97. The van der Waals surface area contributed by atoms with E-state index >= 15 is 0 Å². The fourth-order valence-electron chi connectivity index (χ4n) is 3.00. The molecule has 1 aromatic heterocycles. The molecule has 0 atom stereocenters. The van der Waals surface area contributed by atoms with Gasteiger partial charge < -0.3 is 19.2 Å². The summed E-state index contributed by atoms with van der Waals surface area (Å²) in [4.78, 5) is 24.6. The predicted octanol–water partition coefficient (Wildman–Crippen LogP) is 4.03. The third-order valence-electron chi connectivity index (χ3n) is 4.56. The lowest BCUT2D eigenvalue weighted by atomic mass is 10.1. The van der Waals surface area contributed by atoms with Crippen molar-refractivity contribution in [2.24, 2.45) is 0 Å². The largest absolute Gasteiger partial charge is 0.545 e. The monoisotopic (exact) mass is 382 g/mol. The fourth-order valence-corrected chi connectivity index (χ4v) is 3.00. The van der Waals surface area contributed by atoms with Crippen LogP contribution in [0.4, 0.5) is 0 Å². The van der Waals surface area contributed by atoms with Gasteiger partial charge in [0.25, 0.3) is 0 Å². The van der Waals surface area contributed by atoms with Gasteiger partial charge in [-0.1, -0.05) is 50.8 Å². The number of carboxylic acids is 1. The van der Waals surface area contributed by atoms with Gasteiger partial charge >= 0.3 is 0 Å². The molecular formula is C23H28NO4-. The molecule has 0 radical (unpaired) electrons. The number of hydrogen-bond donors (Lipinski definition) is 0. The van der Waals surface area contributed by atoms with Crippen molar-refractivity contribution in [1.82, 2.24) is 4.90 Å². The Bertz CT molecular complexity index is 806. The molecule has 0 aliphatic heterocycles. The first-order valence-corrected chi connectivity index (χ1v) is 9.81. The van der Waals surface area contributed by atoms with E-state index in [0.717, 1.165) is 30.0 Å². The minimum atomic E-state index is -1.27. The summed E-state index contributed by atoms with van der Waals surface area (Å²) in [7, 11) is 1.83. The van der Waals surface area contributed by atoms with E-state index < -0.39 is 5.97 Å². The molecule has 0 unspecified atom stereocenters. The van der Waals surface area contributed by atoms with Crippen molar-refractivity contribution in [3.8, 4) is 11.3 Å². The topological polar surface area (TPSA) is 73.6 Å². The van der Waals surface area contributed by atoms with Crippen LogP contribution in [0.1, 0.15) is 56.8 Å². The van der Waals surface area contributed by atoms with E-state index in [1.165, 1.54) is 25.3 Å². The summed E-state index contributed by atoms with van der Waals surface area (Å²) in [5, 5.41) is 10.5. The highest BCUT2D eigenvalue weighted by Gasteiger charge is 2.10. The zero-order valence-corrected chi connectivity index (χ0v) is 16.6. The number of hydrogen-bond acceptors (Lipinski definition) is 4. The maximum atomic E-state index is 12.3. The van der Waals surface area contributed by atoms with Crippen molar-refractivity contribution in [2.75, 3.05) is 7.05 Å². The Balaban J connectivity index is 1.93. The van der Waals surface area contributed by atoms with E-state index in [0.29, 0.717) is 24.5 Å². The van der Waals surface area contributed by atoms with Crippen LogP contribution in [-0.2, 0) is 16.1 Å². The van der Waals surface area contributed by atoms with Crippen molar-refractivity contribution in [1.29, 1.82) is 0 Å². The Morgan fingerprint density at radius 2 is 1.89 bits per heavy atom. The van der Waals surface area contributed by atoms with E-state index in [9.17, 15) is 14.7 Å².